The summed E-state index contributed by atoms with van der Waals surface area (Å²) < 4.78 is 0. The smallest absolute Gasteiger partial charge is 0.237 e. The Morgan fingerprint density at radius 3 is 2.43 bits per heavy atom. The molecular formula is C16H34Cl2N4O. The van der Waals surface area contributed by atoms with E-state index >= 15 is 0 Å². The van der Waals surface area contributed by atoms with Crippen LogP contribution in [0.2, 0.25) is 0 Å². The molecule has 0 aliphatic carbocycles. The van der Waals surface area contributed by atoms with E-state index in [1.54, 1.807) is 0 Å². The predicted molar refractivity (Wildman–Crippen MR) is 101 cm³/mol. The van der Waals surface area contributed by atoms with Gasteiger partial charge in [0.15, 0.2) is 0 Å². The monoisotopic (exact) mass is 368 g/mol. The maximum Gasteiger partial charge on any atom is 0.237 e. The van der Waals surface area contributed by atoms with Crippen molar-refractivity contribution in [1.82, 2.24) is 20.4 Å². The molecule has 23 heavy (non-hydrogen) atoms. The lowest BCUT2D eigenvalue weighted by Crippen LogP contribution is -2.48. The summed E-state index contributed by atoms with van der Waals surface area (Å²) in [5.41, 5.74) is 0. The van der Waals surface area contributed by atoms with Crippen molar-refractivity contribution in [1.29, 1.82) is 0 Å². The van der Waals surface area contributed by atoms with E-state index in [9.17, 15) is 4.79 Å². The second-order valence-electron chi connectivity index (χ2n) is 6.84. The summed E-state index contributed by atoms with van der Waals surface area (Å²) in [6.45, 7) is 6.50. The number of hydrogen-bond acceptors (Lipinski definition) is 4. The van der Waals surface area contributed by atoms with E-state index in [2.05, 4.69) is 34.5 Å². The minimum Gasteiger partial charge on any atom is -0.354 e. The van der Waals surface area contributed by atoms with E-state index in [0.717, 1.165) is 32.6 Å². The number of halogens is 2. The molecule has 2 rings (SSSR count). The lowest BCUT2D eigenvalue weighted by atomic mass is 9.96. The second-order valence-corrected chi connectivity index (χ2v) is 6.84. The van der Waals surface area contributed by atoms with Gasteiger partial charge in [-0.15, -0.1) is 24.8 Å². The third-order valence-electron chi connectivity index (χ3n) is 4.76. The highest BCUT2D eigenvalue weighted by atomic mass is 35.5. The third-order valence-corrected chi connectivity index (χ3v) is 4.76. The standard InChI is InChI=1S/C16H32N4O.2ClH/c1-19(2)11-12-20-9-6-14(7-10-20)13-18-16(21)15-5-3-4-8-17-15;;/h14-15,17H,3-13H2,1-2H3,(H,18,21);2*1H/t15-;;/m1../s1. The average molecular weight is 369 g/mol. The molecule has 0 bridgehead atoms. The molecule has 1 amide bonds. The van der Waals surface area contributed by atoms with E-state index in [1.165, 1.54) is 38.8 Å². The zero-order chi connectivity index (χ0) is 15.1. The summed E-state index contributed by atoms with van der Waals surface area (Å²) in [4.78, 5) is 16.9. The molecular weight excluding hydrogens is 335 g/mol. The van der Waals surface area contributed by atoms with Crippen LogP contribution in [0.15, 0.2) is 0 Å². The van der Waals surface area contributed by atoms with Crippen molar-refractivity contribution in [2.24, 2.45) is 5.92 Å². The normalized spacial score (nSPS) is 23.0. The highest BCUT2D eigenvalue weighted by Gasteiger charge is 2.23. The molecule has 2 saturated heterocycles. The van der Waals surface area contributed by atoms with Crippen LogP contribution in [0.3, 0.4) is 0 Å². The molecule has 2 aliphatic heterocycles. The number of carbonyl (C=O) groups excluding carboxylic acids is 1. The Bertz CT molecular complexity index is 317. The minimum atomic E-state index is 0. The van der Waals surface area contributed by atoms with Gasteiger partial charge in [0.2, 0.25) is 5.91 Å². The van der Waals surface area contributed by atoms with E-state index in [4.69, 9.17) is 0 Å². The molecule has 0 saturated carbocycles. The van der Waals surface area contributed by atoms with Crippen LogP contribution in [0.25, 0.3) is 0 Å². The minimum absolute atomic E-state index is 0. The van der Waals surface area contributed by atoms with Gasteiger partial charge in [-0.3, -0.25) is 4.79 Å². The van der Waals surface area contributed by atoms with Gasteiger partial charge in [-0.25, -0.2) is 0 Å². The van der Waals surface area contributed by atoms with Crippen LogP contribution >= 0.6 is 24.8 Å². The first-order chi connectivity index (χ1) is 10.1. The van der Waals surface area contributed by atoms with Crippen LogP contribution in [-0.2, 0) is 4.79 Å². The van der Waals surface area contributed by atoms with Gasteiger partial charge in [-0.05, 0) is 65.3 Å². The predicted octanol–water partition coefficient (Wildman–Crippen LogP) is 1.36. The van der Waals surface area contributed by atoms with E-state index in [0.29, 0.717) is 5.92 Å². The third kappa shape index (κ3) is 8.54. The summed E-state index contributed by atoms with van der Waals surface area (Å²) in [5, 5.41) is 6.47. The Hall–Kier alpha value is -0.0700. The van der Waals surface area contributed by atoms with Crippen LogP contribution in [0.4, 0.5) is 0 Å². The molecule has 0 aromatic carbocycles. The molecule has 1 atom stereocenters. The Balaban J connectivity index is 0.00000242. The molecule has 7 heteroatoms. The van der Waals surface area contributed by atoms with Crippen molar-refractivity contribution >= 4 is 30.7 Å². The molecule has 5 nitrogen and oxygen atoms in total. The summed E-state index contributed by atoms with van der Waals surface area (Å²) in [5.74, 6) is 0.873. The van der Waals surface area contributed by atoms with Gasteiger partial charge >= 0.3 is 0 Å². The van der Waals surface area contributed by atoms with Crippen molar-refractivity contribution in [2.45, 2.75) is 38.1 Å². The van der Waals surface area contributed by atoms with Crippen molar-refractivity contribution in [3.8, 4) is 0 Å². The Morgan fingerprint density at radius 1 is 1.17 bits per heavy atom. The number of likely N-dealkylation sites (tertiary alicyclic amines) is 1. The fourth-order valence-corrected chi connectivity index (χ4v) is 3.20. The number of amides is 1. The van der Waals surface area contributed by atoms with Crippen molar-refractivity contribution in [2.75, 3.05) is 53.4 Å². The molecule has 0 aromatic heterocycles. The van der Waals surface area contributed by atoms with Crippen LogP contribution in [0.5, 0.6) is 0 Å². The molecule has 2 N–H and O–H groups in total. The molecule has 0 radical (unpaired) electrons. The number of hydrogen-bond donors (Lipinski definition) is 2. The fraction of sp³-hybridized carbons (Fsp3) is 0.938. The SMILES string of the molecule is CN(C)CCN1CCC(CNC(=O)[C@H]2CCCCN2)CC1.Cl.Cl. The fourth-order valence-electron chi connectivity index (χ4n) is 3.20. The lowest BCUT2D eigenvalue weighted by molar-refractivity contribution is -0.123. The van der Waals surface area contributed by atoms with E-state index in [-0.39, 0.29) is 36.8 Å². The molecule has 2 heterocycles. The number of carbonyl (C=O) groups is 1. The zero-order valence-corrected chi connectivity index (χ0v) is 16.2. The average Bonchev–Trinajstić information content (AvgIpc) is 2.52. The Labute approximate surface area is 153 Å². The van der Waals surface area contributed by atoms with E-state index < -0.39 is 0 Å². The van der Waals surface area contributed by atoms with Crippen molar-refractivity contribution in [3.05, 3.63) is 0 Å². The Kier molecular flexibility index (Phi) is 12.3. The largest absolute Gasteiger partial charge is 0.354 e. The molecule has 2 aliphatic rings. The van der Waals surface area contributed by atoms with Crippen LogP contribution in [-0.4, -0.2) is 75.1 Å². The second kappa shape index (κ2) is 12.3. The summed E-state index contributed by atoms with van der Waals surface area (Å²) >= 11 is 0. The number of piperidine rings is 2. The summed E-state index contributed by atoms with van der Waals surface area (Å²) in [6.07, 6.45) is 5.80. The zero-order valence-electron chi connectivity index (χ0n) is 14.6. The van der Waals surface area contributed by atoms with Crippen LogP contribution in [0, 0.1) is 5.92 Å². The molecule has 2 fully saturated rings. The van der Waals surface area contributed by atoms with Gasteiger partial charge in [0.05, 0.1) is 6.04 Å². The van der Waals surface area contributed by atoms with Crippen LogP contribution in [0.1, 0.15) is 32.1 Å². The topological polar surface area (TPSA) is 47.6 Å². The molecule has 0 unspecified atom stereocenters. The van der Waals surface area contributed by atoms with Gasteiger partial charge in [0.1, 0.15) is 0 Å². The van der Waals surface area contributed by atoms with Gasteiger partial charge in [-0.1, -0.05) is 6.42 Å². The number of likely N-dealkylation sites (N-methyl/N-ethyl adjacent to an activating group) is 1. The molecule has 0 aromatic rings. The Morgan fingerprint density at radius 2 is 1.87 bits per heavy atom. The maximum absolute atomic E-state index is 12.1. The van der Waals surface area contributed by atoms with Gasteiger partial charge < -0.3 is 20.4 Å². The van der Waals surface area contributed by atoms with Crippen molar-refractivity contribution in [3.63, 3.8) is 0 Å². The van der Waals surface area contributed by atoms with Crippen LogP contribution < -0.4 is 10.6 Å². The first-order valence-corrected chi connectivity index (χ1v) is 8.53. The first-order valence-electron chi connectivity index (χ1n) is 8.53. The van der Waals surface area contributed by atoms with Crippen molar-refractivity contribution < 1.29 is 4.79 Å². The number of rotatable bonds is 6. The van der Waals surface area contributed by atoms with Gasteiger partial charge in [0.25, 0.3) is 0 Å². The lowest BCUT2D eigenvalue weighted by Gasteiger charge is -2.33. The van der Waals surface area contributed by atoms with E-state index in [1.807, 2.05) is 0 Å². The number of nitrogens with zero attached hydrogens (tertiary/aromatic N) is 2. The first kappa shape index (κ1) is 22.9. The van der Waals surface area contributed by atoms with Gasteiger partial charge in [0, 0.05) is 19.6 Å². The number of nitrogens with one attached hydrogen (secondary N) is 2. The van der Waals surface area contributed by atoms with Gasteiger partial charge in [-0.2, -0.15) is 0 Å². The quantitative estimate of drug-likeness (QED) is 0.742. The molecule has 138 valence electrons. The molecule has 0 spiro atoms. The highest BCUT2D eigenvalue weighted by Crippen LogP contribution is 2.16. The highest BCUT2D eigenvalue weighted by molar-refractivity contribution is 5.85. The summed E-state index contributed by atoms with van der Waals surface area (Å²) in [6, 6.07) is 0.0546. The maximum atomic E-state index is 12.1. The summed E-state index contributed by atoms with van der Waals surface area (Å²) in [7, 11) is 4.25.